The van der Waals surface area contributed by atoms with E-state index in [0.29, 0.717) is 10.8 Å². The van der Waals surface area contributed by atoms with Gasteiger partial charge in [-0.05, 0) is 18.4 Å². The smallest absolute Gasteiger partial charge is 0.362 e. The average Bonchev–Trinajstić information content (AvgIpc) is 2.89. The predicted molar refractivity (Wildman–Crippen MR) is 120 cm³/mol. The van der Waals surface area contributed by atoms with E-state index < -0.39 is 65.2 Å². The molecule has 11 nitrogen and oxygen atoms in total. The molecule has 36 heavy (non-hydrogen) atoms. The number of hydrogen-bond acceptors (Lipinski definition) is 11. The SMILES string of the molecule is COC(=O)[C@H](C)OC1=C2C(=O)c3cc4ccccc4c(O)c3C(=O)C2CC(C(=O)OC)(C(=O)OC)O1. The molecule has 0 spiro atoms. The molecule has 1 aliphatic heterocycles. The topological polar surface area (TPSA) is 152 Å². The van der Waals surface area contributed by atoms with E-state index in [0.717, 1.165) is 21.3 Å². The maximum atomic E-state index is 13.7. The van der Waals surface area contributed by atoms with Crippen molar-refractivity contribution in [3.63, 3.8) is 0 Å². The Morgan fingerprint density at radius 1 is 1.06 bits per heavy atom. The molecule has 0 aromatic heterocycles. The number of phenolic OH excluding ortho intramolecular Hbond substituents is 1. The van der Waals surface area contributed by atoms with Crippen molar-refractivity contribution in [2.45, 2.75) is 25.0 Å². The monoisotopic (exact) mass is 498 g/mol. The van der Waals surface area contributed by atoms with E-state index >= 15 is 0 Å². The largest absolute Gasteiger partial charge is 0.507 e. The van der Waals surface area contributed by atoms with E-state index in [2.05, 4.69) is 4.74 Å². The predicted octanol–water partition coefficient (Wildman–Crippen LogP) is 1.84. The number of Topliss-reactive ketones (excluding diaryl/α,β-unsaturated/α-hetero) is 2. The molecule has 188 valence electrons. The third kappa shape index (κ3) is 3.55. The maximum Gasteiger partial charge on any atom is 0.362 e. The van der Waals surface area contributed by atoms with Crippen molar-refractivity contribution in [1.82, 2.24) is 0 Å². The molecule has 1 heterocycles. The number of methoxy groups -OCH3 is 3. The van der Waals surface area contributed by atoms with Crippen molar-refractivity contribution in [3.8, 4) is 5.75 Å². The lowest BCUT2D eigenvalue weighted by molar-refractivity contribution is -0.197. The summed E-state index contributed by atoms with van der Waals surface area (Å²) in [6.45, 7) is 1.28. The standard InChI is InChI=1S/C25H22O11/c1-11(21(29)32-2)35-22-17-15(10-25(36-22,23(30)33-3)24(31)34-4)20(28)16-14(19(17)27)9-12-7-5-6-8-13(12)18(16)26/h5-9,11,15,26H,10H2,1-4H3/t11-,15?/m0/s1. The summed E-state index contributed by atoms with van der Waals surface area (Å²) in [4.78, 5) is 65.0. The van der Waals surface area contributed by atoms with E-state index in [1.165, 1.54) is 13.0 Å². The van der Waals surface area contributed by atoms with Gasteiger partial charge in [0.25, 0.3) is 5.95 Å². The Morgan fingerprint density at radius 3 is 2.31 bits per heavy atom. The Morgan fingerprint density at radius 2 is 1.69 bits per heavy atom. The maximum absolute atomic E-state index is 13.7. The van der Waals surface area contributed by atoms with Crippen LogP contribution in [0.4, 0.5) is 0 Å². The molecule has 1 N–H and O–H groups in total. The van der Waals surface area contributed by atoms with Crippen molar-refractivity contribution in [2.24, 2.45) is 5.92 Å². The molecule has 0 bridgehead atoms. The van der Waals surface area contributed by atoms with Gasteiger partial charge in [0.1, 0.15) is 5.75 Å². The van der Waals surface area contributed by atoms with E-state index in [1.807, 2.05) is 0 Å². The lowest BCUT2D eigenvalue weighted by Crippen LogP contribution is -2.56. The molecule has 0 saturated heterocycles. The molecule has 0 radical (unpaired) electrons. The zero-order chi connectivity index (χ0) is 26.4. The highest BCUT2D eigenvalue weighted by atomic mass is 16.7. The average molecular weight is 498 g/mol. The fourth-order valence-corrected chi connectivity index (χ4v) is 4.46. The van der Waals surface area contributed by atoms with Crippen LogP contribution in [-0.2, 0) is 38.1 Å². The van der Waals surface area contributed by atoms with Gasteiger partial charge >= 0.3 is 23.5 Å². The summed E-state index contributed by atoms with van der Waals surface area (Å²) >= 11 is 0. The molecule has 4 rings (SSSR count). The summed E-state index contributed by atoms with van der Waals surface area (Å²) in [6, 6.07) is 8.03. The van der Waals surface area contributed by atoms with Gasteiger partial charge in [0, 0.05) is 17.4 Å². The number of benzene rings is 2. The van der Waals surface area contributed by atoms with Gasteiger partial charge in [0.05, 0.1) is 38.4 Å². The van der Waals surface area contributed by atoms with E-state index in [1.54, 1.807) is 24.3 Å². The van der Waals surface area contributed by atoms with Gasteiger partial charge < -0.3 is 28.8 Å². The Labute approximate surface area is 204 Å². The molecule has 1 unspecified atom stereocenters. The minimum absolute atomic E-state index is 0.124. The zero-order valence-corrected chi connectivity index (χ0v) is 19.8. The summed E-state index contributed by atoms with van der Waals surface area (Å²) in [5.74, 6) is -7.36. The Hall–Kier alpha value is -4.41. The summed E-state index contributed by atoms with van der Waals surface area (Å²) in [5.41, 5.74) is -3.23. The van der Waals surface area contributed by atoms with Crippen molar-refractivity contribution >= 4 is 40.2 Å². The fourth-order valence-electron chi connectivity index (χ4n) is 4.46. The minimum Gasteiger partial charge on any atom is -0.507 e. The fraction of sp³-hybridized carbons (Fsp3) is 0.320. The number of rotatable bonds is 5. The van der Waals surface area contributed by atoms with Gasteiger partial charge in [-0.1, -0.05) is 24.3 Å². The highest BCUT2D eigenvalue weighted by Crippen LogP contribution is 2.47. The molecule has 2 aliphatic rings. The van der Waals surface area contributed by atoms with E-state index in [9.17, 15) is 29.1 Å². The first-order valence-corrected chi connectivity index (χ1v) is 10.8. The number of carbonyl (C=O) groups excluding carboxylic acids is 5. The highest BCUT2D eigenvalue weighted by molar-refractivity contribution is 6.27. The molecule has 2 aromatic carbocycles. The minimum atomic E-state index is -2.53. The number of ketones is 2. The van der Waals surface area contributed by atoms with Crippen molar-refractivity contribution in [1.29, 1.82) is 0 Å². The Balaban J connectivity index is 1.99. The van der Waals surface area contributed by atoms with Crippen LogP contribution in [0.5, 0.6) is 5.75 Å². The van der Waals surface area contributed by atoms with E-state index in [4.69, 9.17) is 18.9 Å². The molecule has 0 amide bonds. The lowest BCUT2D eigenvalue weighted by atomic mass is 9.71. The van der Waals surface area contributed by atoms with Crippen molar-refractivity contribution < 1.29 is 52.8 Å². The van der Waals surface area contributed by atoms with Crippen LogP contribution in [-0.4, -0.2) is 67.6 Å². The molecular weight excluding hydrogens is 476 g/mol. The van der Waals surface area contributed by atoms with Crippen LogP contribution in [0, 0.1) is 5.92 Å². The molecule has 1 aliphatic carbocycles. The van der Waals surface area contributed by atoms with Crippen LogP contribution in [0.15, 0.2) is 41.9 Å². The quantitative estimate of drug-likeness (QED) is 0.365. The number of esters is 3. The van der Waals surface area contributed by atoms with Gasteiger partial charge in [0.15, 0.2) is 17.7 Å². The lowest BCUT2D eigenvalue weighted by Gasteiger charge is -2.39. The Kier molecular flexibility index (Phi) is 6.17. The molecule has 2 aromatic rings. The van der Waals surface area contributed by atoms with Gasteiger partial charge in [0.2, 0.25) is 0 Å². The first kappa shape index (κ1) is 24.7. The number of ether oxygens (including phenoxy) is 5. The van der Waals surface area contributed by atoms with Crippen LogP contribution in [0.3, 0.4) is 0 Å². The molecule has 11 heteroatoms. The van der Waals surface area contributed by atoms with Crippen LogP contribution in [0.2, 0.25) is 0 Å². The van der Waals surface area contributed by atoms with Gasteiger partial charge in [-0.25, -0.2) is 14.4 Å². The van der Waals surface area contributed by atoms with Crippen LogP contribution in [0.25, 0.3) is 10.8 Å². The van der Waals surface area contributed by atoms with Crippen LogP contribution < -0.4 is 0 Å². The number of hydrogen-bond donors (Lipinski definition) is 1. The number of phenols is 1. The van der Waals surface area contributed by atoms with E-state index in [-0.39, 0.29) is 16.7 Å². The number of allylic oxidation sites excluding steroid dienone is 1. The summed E-state index contributed by atoms with van der Waals surface area (Å²) < 4.78 is 25.3. The number of carbonyl (C=O) groups is 5. The second-order valence-electron chi connectivity index (χ2n) is 8.22. The Bertz CT molecular complexity index is 1340. The number of fused-ring (bicyclic) bond motifs is 3. The molecule has 0 fully saturated rings. The van der Waals surface area contributed by atoms with Crippen molar-refractivity contribution in [3.05, 3.63) is 53.0 Å². The van der Waals surface area contributed by atoms with Gasteiger partial charge in [-0.15, -0.1) is 0 Å². The normalized spacial score (nSPS) is 18.9. The van der Waals surface area contributed by atoms with Gasteiger partial charge in [-0.3, -0.25) is 9.59 Å². The first-order chi connectivity index (χ1) is 17.1. The summed E-state index contributed by atoms with van der Waals surface area (Å²) in [5, 5.41) is 11.8. The van der Waals surface area contributed by atoms with Gasteiger partial charge in [-0.2, -0.15) is 0 Å². The third-order valence-electron chi connectivity index (χ3n) is 6.25. The van der Waals surface area contributed by atoms with Crippen LogP contribution in [0.1, 0.15) is 34.1 Å². The molecular formula is C25H22O11. The van der Waals surface area contributed by atoms with Crippen LogP contribution >= 0.6 is 0 Å². The zero-order valence-electron chi connectivity index (χ0n) is 19.8. The second kappa shape index (κ2) is 8.99. The molecule has 2 atom stereocenters. The molecule has 0 saturated carbocycles. The highest BCUT2D eigenvalue weighted by Gasteiger charge is 2.61. The summed E-state index contributed by atoms with van der Waals surface area (Å²) in [7, 11) is 3.10. The summed E-state index contributed by atoms with van der Waals surface area (Å²) in [6.07, 6.45) is -2.02. The van der Waals surface area contributed by atoms with Crippen molar-refractivity contribution in [2.75, 3.05) is 21.3 Å². The number of aromatic hydroxyl groups is 1. The third-order valence-corrected chi connectivity index (χ3v) is 6.25. The first-order valence-electron chi connectivity index (χ1n) is 10.8. The second-order valence-corrected chi connectivity index (χ2v) is 8.22.